The first-order valence-corrected chi connectivity index (χ1v) is 5.84. The van der Waals surface area contributed by atoms with Gasteiger partial charge in [0, 0.05) is 25.9 Å². The number of hydrogen-bond donors (Lipinski definition) is 2. The summed E-state index contributed by atoms with van der Waals surface area (Å²) in [6, 6.07) is 3.90. The Morgan fingerprint density at radius 3 is 2.94 bits per heavy atom. The molecule has 0 aliphatic rings. The number of hydrogen-bond acceptors (Lipinski definition) is 5. The first-order chi connectivity index (χ1) is 8.65. The van der Waals surface area contributed by atoms with Crippen molar-refractivity contribution in [1.29, 1.82) is 0 Å². The van der Waals surface area contributed by atoms with Crippen LogP contribution < -0.4 is 10.6 Å². The molecule has 18 heavy (non-hydrogen) atoms. The number of nitrogens with two attached hydrogens (primary N) is 1. The van der Waals surface area contributed by atoms with E-state index in [1.54, 1.807) is 13.3 Å². The molecule has 1 heterocycles. The van der Waals surface area contributed by atoms with Gasteiger partial charge >= 0.3 is 0 Å². The monoisotopic (exact) mass is 252 g/mol. The Bertz CT molecular complexity index is 409. The normalized spacial score (nSPS) is 13.4. The van der Waals surface area contributed by atoms with E-state index >= 15 is 0 Å². The van der Waals surface area contributed by atoms with Crippen molar-refractivity contribution in [3.05, 3.63) is 24.0 Å². The topological polar surface area (TPSA) is 84.0 Å². The predicted molar refractivity (Wildman–Crippen MR) is 71.1 cm³/mol. The molecule has 1 atom stereocenters. The number of nitrogens with zero attached hydrogens (tertiary/aromatic N) is 3. The van der Waals surface area contributed by atoms with Gasteiger partial charge in [0.2, 0.25) is 0 Å². The van der Waals surface area contributed by atoms with E-state index in [4.69, 9.17) is 15.7 Å². The average molecular weight is 252 g/mol. The van der Waals surface area contributed by atoms with E-state index in [1.807, 2.05) is 19.1 Å². The third-order valence-electron chi connectivity index (χ3n) is 2.73. The lowest BCUT2D eigenvalue weighted by Gasteiger charge is -2.30. The molecule has 0 amide bonds. The minimum Gasteiger partial charge on any atom is -0.409 e. The molecule has 3 N–H and O–H groups in total. The highest BCUT2D eigenvalue weighted by molar-refractivity contribution is 6.00. The Balaban J connectivity index is 3.13. The molecule has 0 radical (unpaired) electrons. The van der Waals surface area contributed by atoms with Crippen LogP contribution in [0.3, 0.4) is 0 Å². The highest BCUT2D eigenvalue weighted by atomic mass is 16.5. The summed E-state index contributed by atoms with van der Waals surface area (Å²) in [5.74, 6) is 0.00802. The summed E-state index contributed by atoms with van der Waals surface area (Å²) in [6.07, 6.45) is 1.62. The maximum atomic E-state index is 8.79. The van der Waals surface area contributed by atoms with E-state index in [2.05, 4.69) is 22.0 Å². The molecule has 1 unspecified atom stereocenters. The summed E-state index contributed by atoms with van der Waals surface area (Å²) in [5, 5.41) is 11.8. The van der Waals surface area contributed by atoms with Gasteiger partial charge in [-0.15, -0.1) is 0 Å². The van der Waals surface area contributed by atoms with Crippen LogP contribution in [0.4, 0.5) is 5.69 Å². The maximum absolute atomic E-state index is 8.79. The fourth-order valence-electron chi connectivity index (χ4n) is 1.92. The first kappa shape index (κ1) is 14.2. The van der Waals surface area contributed by atoms with Crippen LogP contribution in [-0.4, -0.2) is 42.3 Å². The SMILES string of the molecule is CCN(c1cccnc1/C(N)=N/O)C(C)COC. The average Bonchev–Trinajstić information content (AvgIpc) is 2.39. The van der Waals surface area contributed by atoms with Crippen LogP contribution >= 0.6 is 0 Å². The van der Waals surface area contributed by atoms with E-state index in [9.17, 15) is 0 Å². The highest BCUT2D eigenvalue weighted by Crippen LogP contribution is 2.20. The highest BCUT2D eigenvalue weighted by Gasteiger charge is 2.18. The largest absolute Gasteiger partial charge is 0.409 e. The Morgan fingerprint density at radius 1 is 1.67 bits per heavy atom. The second-order valence-corrected chi connectivity index (χ2v) is 3.95. The van der Waals surface area contributed by atoms with E-state index in [-0.39, 0.29) is 11.9 Å². The minimum absolute atomic E-state index is 0.00802. The number of pyridine rings is 1. The number of anilines is 1. The number of aromatic nitrogens is 1. The van der Waals surface area contributed by atoms with Crippen LogP contribution in [0.25, 0.3) is 0 Å². The third kappa shape index (κ3) is 3.10. The molecule has 0 saturated carbocycles. The quantitative estimate of drug-likeness (QED) is 0.342. The minimum atomic E-state index is 0.00802. The molecule has 100 valence electrons. The lowest BCUT2D eigenvalue weighted by Crippen LogP contribution is -2.37. The van der Waals surface area contributed by atoms with E-state index in [0.29, 0.717) is 12.3 Å². The first-order valence-electron chi connectivity index (χ1n) is 5.84. The molecule has 1 aromatic heterocycles. The van der Waals surface area contributed by atoms with Crippen LogP contribution in [0.15, 0.2) is 23.5 Å². The summed E-state index contributed by atoms with van der Waals surface area (Å²) in [5.41, 5.74) is 6.95. The van der Waals surface area contributed by atoms with Crippen LogP contribution in [0.5, 0.6) is 0 Å². The van der Waals surface area contributed by atoms with Gasteiger partial charge in [0.1, 0.15) is 5.69 Å². The fraction of sp³-hybridized carbons (Fsp3) is 0.500. The Kier molecular flexibility index (Phi) is 5.38. The molecule has 0 saturated heterocycles. The van der Waals surface area contributed by atoms with Gasteiger partial charge in [-0.3, -0.25) is 4.98 Å². The van der Waals surface area contributed by atoms with Crippen molar-refractivity contribution in [3.8, 4) is 0 Å². The Hall–Kier alpha value is -1.82. The number of oxime groups is 1. The van der Waals surface area contributed by atoms with Crippen molar-refractivity contribution in [2.75, 3.05) is 25.2 Å². The van der Waals surface area contributed by atoms with Crippen LogP contribution in [-0.2, 0) is 4.74 Å². The second kappa shape index (κ2) is 6.80. The molecule has 6 heteroatoms. The number of rotatable bonds is 6. The van der Waals surface area contributed by atoms with Gasteiger partial charge in [0.15, 0.2) is 5.84 Å². The van der Waals surface area contributed by atoms with Crippen molar-refractivity contribution in [2.45, 2.75) is 19.9 Å². The Labute approximate surface area is 107 Å². The maximum Gasteiger partial charge on any atom is 0.190 e. The van der Waals surface area contributed by atoms with Gasteiger partial charge in [-0.1, -0.05) is 5.16 Å². The molecular weight excluding hydrogens is 232 g/mol. The van der Waals surface area contributed by atoms with Crippen molar-refractivity contribution in [1.82, 2.24) is 4.98 Å². The van der Waals surface area contributed by atoms with Gasteiger partial charge in [0.25, 0.3) is 0 Å². The van der Waals surface area contributed by atoms with E-state index < -0.39 is 0 Å². The lowest BCUT2D eigenvalue weighted by molar-refractivity contribution is 0.182. The number of likely N-dealkylation sites (N-methyl/N-ethyl adjacent to an activating group) is 1. The molecule has 0 aliphatic carbocycles. The molecule has 6 nitrogen and oxygen atoms in total. The number of methoxy groups -OCH3 is 1. The zero-order valence-corrected chi connectivity index (χ0v) is 11.0. The molecule has 0 bridgehead atoms. The molecule has 1 aromatic rings. The summed E-state index contributed by atoms with van der Waals surface area (Å²) in [7, 11) is 1.66. The number of amidine groups is 1. The second-order valence-electron chi connectivity index (χ2n) is 3.95. The molecule has 1 rings (SSSR count). The zero-order valence-electron chi connectivity index (χ0n) is 11.0. The van der Waals surface area contributed by atoms with Gasteiger partial charge < -0.3 is 20.6 Å². The summed E-state index contributed by atoms with van der Waals surface area (Å²) < 4.78 is 5.16. The van der Waals surface area contributed by atoms with Crippen LogP contribution in [0.2, 0.25) is 0 Å². The lowest BCUT2D eigenvalue weighted by atomic mass is 10.2. The molecule has 0 fully saturated rings. The molecule has 0 spiro atoms. The van der Waals surface area contributed by atoms with Crippen molar-refractivity contribution in [2.24, 2.45) is 10.9 Å². The molecule has 0 aromatic carbocycles. The summed E-state index contributed by atoms with van der Waals surface area (Å²) in [4.78, 5) is 6.26. The fourth-order valence-corrected chi connectivity index (χ4v) is 1.92. The zero-order chi connectivity index (χ0) is 13.5. The van der Waals surface area contributed by atoms with Crippen LogP contribution in [0.1, 0.15) is 19.5 Å². The smallest absolute Gasteiger partial charge is 0.190 e. The van der Waals surface area contributed by atoms with E-state index in [0.717, 1.165) is 12.2 Å². The van der Waals surface area contributed by atoms with Gasteiger partial charge in [-0.05, 0) is 26.0 Å². The standard InChI is InChI=1S/C12H20N4O2/c1-4-16(9(2)8-18-3)10-6-5-7-14-11(10)12(13)15-17/h5-7,9,17H,4,8H2,1-3H3,(H2,13,15). The van der Waals surface area contributed by atoms with Crippen molar-refractivity contribution >= 4 is 11.5 Å². The van der Waals surface area contributed by atoms with Crippen molar-refractivity contribution < 1.29 is 9.94 Å². The van der Waals surface area contributed by atoms with E-state index in [1.165, 1.54) is 0 Å². The van der Waals surface area contributed by atoms with Crippen LogP contribution in [0, 0.1) is 0 Å². The van der Waals surface area contributed by atoms with Gasteiger partial charge in [0.05, 0.1) is 12.3 Å². The van der Waals surface area contributed by atoms with Gasteiger partial charge in [-0.25, -0.2) is 0 Å². The van der Waals surface area contributed by atoms with Crippen molar-refractivity contribution in [3.63, 3.8) is 0 Å². The summed E-state index contributed by atoms with van der Waals surface area (Å²) >= 11 is 0. The molecular formula is C12H20N4O2. The predicted octanol–water partition coefficient (Wildman–Crippen LogP) is 1.04. The molecule has 0 aliphatic heterocycles. The third-order valence-corrected chi connectivity index (χ3v) is 2.73. The number of ether oxygens (including phenoxy) is 1. The Morgan fingerprint density at radius 2 is 2.39 bits per heavy atom. The summed E-state index contributed by atoms with van der Waals surface area (Å²) in [6.45, 7) is 5.46. The van der Waals surface area contributed by atoms with Gasteiger partial charge in [-0.2, -0.15) is 0 Å².